The molecule has 2 aromatic rings. The van der Waals surface area contributed by atoms with Crippen LogP contribution in [0, 0.1) is 5.92 Å². The van der Waals surface area contributed by atoms with E-state index in [1.165, 1.54) is 10.4 Å². The van der Waals surface area contributed by atoms with Gasteiger partial charge in [-0.05, 0) is 30.5 Å². The van der Waals surface area contributed by atoms with Crippen LogP contribution in [0.15, 0.2) is 53.4 Å². The zero-order chi connectivity index (χ0) is 19.4. The van der Waals surface area contributed by atoms with Crippen molar-refractivity contribution in [3.8, 4) is 0 Å². The highest BCUT2D eigenvalue weighted by atomic mass is 35.5. The molecule has 1 N–H and O–H groups in total. The van der Waals surface area contributed by atoms with E-state index in [1.807, 2.05) is 30.3 Å². The minimum Gasteiger partial charge on any atom is -0.352 e. The van der Waals surface area contributed by atoms with E-state index < -0.39 is 10.0 Å². The molecule has 0 spiro atoms. The molecule has 5 nitrogen and oxygen atoms in total. The summed E-state index contributed by atoms with van der Waals surface area (Å²) >= 11 is 12.0. The zero-order valence-electron chi connectivity index (χ0n) is 14.6. The molecule has 1 fully saturated rings. The van der Waals surface area contributed by atoms with Crippen molar-refractivity contribution in [2.75, 3.05) is 13.1 Å². The summed E-state index contributed by atoms with van der Waals surface area (Å²) in [7, 11) is -3.73. The van der Waals surface area contributed by atoms with E-state index in [-0.39, 0.29) is 39.9 Å². The molecular weight excluding hydrogens is 407 g/mol. The standard InChI is InChI=1S/C19H20Cl2N2O3S/c20-16-7-4-8-17(18(16)21)27(25,26)23-11-9-15(10-12-23)19(24)22-13-14-5-2-1-3-6-14/h1-8,15H,9-13H2,(H,22,24). The number of hydrogen-bond acceptors (Lipinski definition) is 3. The van der Waals surface area contributed by atoms with Gasteiger partial charge in [-0.15, -0.1) is 0 Å². The number of amides is 1. The van der Waals surface area contributed by atoms with Crippen molar-refractivity contribution in [1.82, 2.24) is 9.62 Å². The number of halogens is 2. The molecule has 0 aliphatic carbocycles. The first kappa shape index (κ1) is 20.1. The Labute approximate surface area is 169 Å². The first-order valence-electron chi connectivity index (χ1n) is 8.65. The van der Waals surface area contributed by atoms with Gasteiger partial charge in [0.2, 0.25) is 15.9 Å². The minimum atomic E-state index is -3.73. The summed E-state index contributed by atoms with van der Waals surface area (Å²) < 4.78 is 27.0. The van der Waals surface area contributed by atoms with Crippen LogP contribution in [0.4, 0.5) is 0 Å². The fourth-order valence-corrected chi connectivity index (χ4v) is 5.32. The van der Waals surface area contributed by atoms with Gasteiger partial charge in [-0.2, -0.15) is 4.31 Å². The van der Waals surface area contributed by atoms with Crippen LogP contribution in [0.2, 0.25) is 10.0 Å². The molecule has 0 bridgehead atoms. The third-order valence-electron chi connectivity index (χ3n) is 4.67. The molecular formula is C19H20Cl2N2O3S. The van der Waals surface area contributed by atoms with Crippen molar-refractivity contribution < 1.29 is 13.2 Å². The Morgan fingerprint density at radius 3 is 2.37 bits per heavy atom. The van der Waals surface area contributed by atoms with Crippen LogP contribution in [-0.2, 0) is 21.4 Å². The molecule has 27 heavy (non-hydrogen) atoms. The Kier molecular flexibility index (Phi) is 6.42. The van der Waals surface area contributed by atoms with Crippen LogP contribution >= 0.6 is 23.2 Å². The number of benzene rings is 2. The summed E-state index contributed by atoms with van der Waals surface area (Å²) in [6, 6.07) is 14.2. The van der Waals surface area contributed by atoms with E-state index in [1.54, 1.807) is 12.1 Å². The van der Waals surface area contributed by atoms with Gasteiger partial charge in [0, 0.05) is 25.6 Å². The molecule has 0 unspecified atom stereocenters. The van der Waals surface area contributed by atoms with Crippen molar-refractivity contribution >= 4 is 39.1 Å². The van der Waals surface area contributed by atoms with E-state index in [0.717, 1.165) is 5.56 Å². The Balaban J connectivity index is 1.59. The Morgan fingerprint density at radius 2 is 1.70 bits per heavy atom. The molecule has 0 saturated carbocycles. The summed E-state index contributed by atoms with van der Waals surface area (Å²) in [4.78, 5) is 12.4. The third kappa shape index (κ3) is 4.63. The highest BCUT2D eigenvalue weighted by Crippen LogP contribution is 2.32. The lowest BCUT2D eigenvalue weighted by Crippen LogP contribution is -2.42. The van der Waals surface area contributed by atoms with E-state index in [2.05, 4.69) is 5.32 Å². The van der Waals surface area contributed by atoms with Crippen molar-refractivity contribution in [2.45, 2.75) is 24.3 Å². The zero-order valence-corrected chi connectivity index (χ0v) is 16.9. The molecule has 1 amide bonds. The van der Waals surface area contributed by atoms with Crippen LogP contribution in [0.25, 0.3) is 0 Å². The highest BCUT2D eigenvalue weighted by Gasteiger charge is 2.33. The lowest BCUT2D eigenvalue weighted by Gasteiger charge is -2.30. The molecule has 0 atom stereocenters. The van der Waals surface area contributed by atoms with Gasteiger partial charge in [-0.25, -0.2) is 8.42 Å². The molecule has 3 rings (SSSR count). The number of rotatable bonds is 5. The van der Waals surface area contributed by atoms with Gasteiger partial charge in [-0.1, -0.05) is 59.6 Å². The second-order valence-electron chi connectivity index (χ2n) is 6.43. The molecule has 1 aliphatic heterocycles. The normalized spacial score (nSPS) is 16.2. The summed E-state index contributed by atoms with van der Waals surface area (Å²) in [6.07, 6.45) is 0.941. The lowest BCUT2D eigenvalue weighted by molar-refractivity contribution is -0.126. The summed E-state index contributed by atoms with van der Waals surface area (Å²) in [6.45, 7) is 1.01. The fourth-order valence-electron chi connectivity index (χ4n) is 3.11. The van der Waals surface area contributed by atoms with Gasteiger partial charge in [0.25, 0.3) is 0 Å². The van der Waals surface area contributed by atoms with E-state index in [0.29, 0.717) is 19.4 Å². The van der Waals surface area contributed by atoms with Gasteiger partial charge in [0.1, 0.15) is 4.90 Å². The Hall–Kier alpha value is -1.60. The van der Waals surface area contributed by atoms with Gasteiger partial charge < -0.3 is 5.32 Å². The monoisotopic (exact) mass is 426 g/mol. The second-order valence-corrected chi connectivity index (χ2v) is 9.13. The summed E-state index contributed by atoms with van der Waals surface area (Å²) in [5.41, 5.74) is 1.03. The van der Waals surface area contributed by atoms with Crippen LogP contribution in [0.1, 0.15) is 18.4 Å². The number of piperidine rings is 1. The molecule has 1 saturated heterocycles. The van der Waals surface area contributed by atoms with Gasteiger partial charge in [0.05, 0.1) is 10.0 Å². The first-order valence-corrected chi connectivity index (χ1v) is 10.8. The highest BCUT2D eigenvalue weighted by molar-refractivity contribution is 7.89. The van der Waals surface area contributed by atoms with E-state index >= 15 is 0 Å². The Morgan fingerprint density at radius 1 is 1.04 bits per heavy atom. The number of nitrogens with one attached hydrogen (secondary N) is 1. The van der Waals surface area contributed by atoms with Crippen LogP contribution < -0.4 is 5.32 Å². The maximum Gasteiger partial charge on any atom is 0.244 e. The van der Waals surface area contributed by atoms with Crippen LogP contribution in [0.5, 0.6) is 0 Å². The smallest absolute Gasteiger partial charge is 0.244 e. The van der Waals surface area contributed by atoms with Crippen LogP contribution in [0.3, 0.4) is 0 Å². The molecule has 2 aromatic carbocycles. The molecule has 1 aliphatic rings. The number of carbonyl (C=O) groups excluding carboxylic acids is 1. The molecule has 1 heterocycles. The topological polar surface area (TPSA) is 66.5 Å². The number of hydrogen-bond donors (Lipinski definition) is 1. The largest absolute Gasteiger partial charge is 0.352 e. The predicted molar refractivity (Wildman–Crippen MR) is 106 cm³/mol. The van der Waals surface area contributed by atoms with Gasteiger partial charge >= 0.3 is 0 Å². The first-order chi connectivity index (χ1) is 12.9. The van der Waals surface area contributed by atoms with Gasteiger partial charge in [-0.3, -0.25) is 4.79 Å². The molecule has 0 radical (unpaired) electrons. The minimum absolute atomic E-state index is 0.00338. The van der Waals surface area contributed by atoms with E-state index in [9.17, 15) is 13.2 Å². The average Bonchev–Trinajstić information content (AvgIpc) is 2.69. The average molecular weight is 427 g/mol. The molecule has 0 aromatic heterocycles. The lowest BCUT2D eigenvalue weighted by atomic mass is 9.97. The van der Waals surface area contributed by atoms with Gasteiger partial charge in [0.15, 0.2) is 0 Å². The second kappa shape index (κ2) is 8.61. The van der Waals surface area contributed by atoms with Crippen molar-refractivity contribution in [3.63, 3.8) is 0 Å². The Bertz CT molecular complexity index is 912. The summed E-state index contributed by atoms with van der Waals surface area (Å²) in [5.74, 6) is -0.244. The summed E-state index contributed by atoms with van der Waals surface area (Å²) in [5, 5.41) is 3.16. The third-order valence-corrected chi connectivity index (χ3v) is 7.54. The van der Waals surface area contributed by atoms with Crippen molar-refractivity contribution in [2.24, 2.45) is 5.92 Å². The van der Waals surface area contributed by atoms with Crippen LogP contribution in [-0.4, -0.2) is 31.7 Å². The SMILES string of the molecule is O=C(NCc1ccccc1)C1CCN(S(=O)(=O)c2cccc(Cl)c2Cl)CC1. The fraction of sp³-hybridized carbons (Fsp3) is 0.316. The molecule has 144 valence electrons. The van der Waals surface area contributed by atoms with Crippen molar-refractivity contribution in [1.29, 1.82) is 0 Å². The maximum atomic E-state index is 12.8. The number of sulfonamides is 1. The predicted octanol–water partition coefficient (Wildman–Crippen LogP) is 3.71. The number of carbonyl (C=O) groups is 1. The molecule has 8 heteroatoms. The quantitative estimate of drug-likeness (QED) is 0.791. The van der Waals surface area contributed by atoms with Crippen molar-refractivity contribution in [3.05, 3.63) is 64.1 Å². The maximum absolute atomic E-state index is 12.8. The van der Waals surface area contributed by atoms with E-state index in [4.69, 9.17) is 23.2 Å². The number of nitrogens with zero attached hydrogens (tertiary/aromatic N) is 1.